The number of piperidine rings is 2. The number of carbonyl (C=O) groups is 2. The Hall–Kier alpha value is -2.21. The molecule has 0 unspecified atom stereocenters. The highest BCUT2D eigenvalue weighted by Crippen LogP contribution is 2.32. The van der Waals surface area contributed by atoms with Crippen LogP contribution in [-0.4, -0.2) is 52.3 Å². The van der Waals surface area contributed by atoms with Crippen molar-refractivity contribution < 1.29 is 9.59 Å². The first-order valence-electron chi connectivity index (χ1n) is 9.23. The molecule has 2 aromatic heterocycles. The Balaban J connectivity index is 1.41. The van der Waals surface area contributed by atoms with Crippen molar-refractivity contribution in [2.75, 3.05) is 19.6 Å². The molecule has 2 atom stereocenters. The normalized spacial score (nSPS) is 23.0. The molecule has 0 spiro atoms. The van der Waals surface area contributed by atoms with Gasteiger partial charge in [-0.1, -0.05) is 6.07 Å². The molecule has 4 heterocycles. The summed E-state index contributed by atoms with van der Waals surface area (Å²) in [5.74, 6) is 0.736. The summed E-state index contributed by atoms with van der Waals surface area (Å²) in [6.45, 7) is 2.25. The summed E-state index contributed by atoms with van der Waals surface area (Å²) >= 11 is 1.75. The lowest BCUT2D eigenvalue weighted by molar-refractivity contribution is -0.140. The Labute approximate surface area is 157 Å². The first kappa shape index (κ1) is 17.2. The number of amides is 2. The van der Waals surface area contributed by atoms with Crippen molar-refractivity contribution in [3.05, 3.63) is 52.5 Å². The second kappa shape index (κ2) is 7.58. The molecule has 136 valence electrons. The number of hydrogen-bond acceptors (Lipinski definition) is 4. The molecule has 0 aliphatic carbocycles. The van der Waals surface area contributed by atoms with E-state index >= 15 is 0 Å². The molecule has 2 aliphatic heterocycles. The highest BCUT2D eigenvalue weighted by molar-refractivity contribution is 7.09. The lowest BCUT2D eigenvalue weighted by Crippen LogP contribution is -2.57. The van der Waals surface area contributed by atoms with Crippen LogP contribution in [0.3, 0.4) is 0 Å². The van der Waals surface area contributed by atoms with Gasteiger partial charge >= 0.3 is 0 Å². The van der Waals surface area contributed by atoms with Crippen molar-refractivity contribution in [2.45, 2.75) is 31.7 Å². The molecule has 0 N–H and O–H groups in total. The number of rotatable bonds is 4. The summed E-state index contributed by atoms with van der Waals surface area (Å²) < 4.78 is 0. The predicted octanol–water partition coefficient (Wildman–Crippen LogP) is 2.84. The summed E-state index contributed by atoms with van der Waals surface area (Å²) in [5.41, 5.74) is 0.694. The number of carbonyl (C=O) groups excluding carboxylic acids is 2. The summed E-state index contributed by atoms with van der Waals surface area (Å²) in [4.78, 5) is 34.5. The van der Waals surface area contributed by atoms with Crippen molar-refractivity contribution >= 4 is 23.2 Å². The molecule has 0 saturated carbocycles. The van der Waals surface area contributed by atoms with Gasteiger partial charge in [0.2, 0.25) is 5.91 Å². The third kappa shape index (κ3) is 3.51. The average Bonchev–Trinajstić information content (AvgIpc) is 3.20. The third-order valence-corrected chi connectivity index (χ3v) is 6.47. The van der Waals surface area contributed by atoms with E-state index in [1.165, 1.54) is 4.88 Å². The van der Waals surface area contributed by atoms with Crippen LogP contribution in [0.25, 0.3) is 0 Å². The van der Waals surface area contributed by atoms with Crippen molar-refractivity contribution in [1.82, 2.24) is 14.8 Å². The van der Waals surface area contributed by atoms with Crippen LogP contribution >= 0.6 is 11.3 Å². The minimum absolute atomic E-state index is 0.0767. The molecule has 5 nitrogen and oxygen atoms in total. The summed E-state index contributed by atoms with van der Waals surface area (Å²) in [7, 11) is 0. The fourth-order valence-corrected chi connectivity index (χ4v) is 4.89. The zero-order chi connectivity index (χ0) is 17.9. The van der Waals surface area contributed by atoms with E-state index < -0.39 is 0 Å². The molecule has 26 heavy (non-hydrogen) atoms. The van der Waals surface area contributed by atoms with E-state index in [9.17, 15) is 9.59 Å². The van der Waals surface area contributed by atoms with Gasteiger partial charge in [-0.25, -0.2) is 0 Å². The van der Waals surface area contributed by atoms with Gasteiger partial charge in [-0.15, -0.1) is 11.3 Å². The quantitative estimate of drug-likeness (QED) is 0.833. The number of likely N-dealkylation sites (tertiary alicyclic amines) is 2. The van der Waals surface area contributed by atoms with E-state index in [0.29, 0.717) is 24.4 Å². The van der Waals surface area contributed by atoms with Crippen molar-refractivity contribution in [1.29, 1.82) is 0 Å². The standard InChI is InChI=1S/C20H23N3O2S/c24-19-4-3-16-14-22(20(25)15-5-9-21-10-6-15)11-8-18(16)23(19)12-7-17-2-1-13-26-17/h1-2,5-6,9-10,13,16,18H,3-4,7-8,11-12,14H2/t16-,18+/m0/s1. The van der Waals surface area contributed by atoms with E-state index in [0.717, 1.165) is 32.4 Å². The largest absolute Gasteiger partial charge is 0.339 e. The maximum atomic E-state index is 12.7. The van der Waals surface area contributed by atoms with Gasteiger partial charge in [0, 0.05) is 54.9 Å². The Kier molecular flexibility index (Phi) is 5.02. The topological polar surface area (TPSA) is 53.5 Å². The molecule has 0 aromatic carbocycles. The molecule has 2 amide bonds. The molecule has 2 saturated heterocycles. The van der Waals surface area contributed by atoms with Crippen LogP contribution in [0.5, 0.6) is 0 Å². The molecule has 2 fully saturated rings. The Morgan fingerprint density at radius 3 is 2.85 bits per heavy atom. The average molecular weight is 369 g/mol. The van der Waals surface area contributed by atoms with Crippen LogP contribution in [0.2, 0.25) is 0 Å². The number of aromatic nitrogens is 1. The molecule has 6 heteroatoms. The fraction of sp³-hybridized carbons (Fsp3) is 0.450. The predicted molar refractivity (Wildman–Crippen MR) is 101 cm³/mol. The molecule has 2 aliphatic rings. The molecular weight excluding hydrogens is 346 g/mol. The zero-order valence-electron chi connectivity index (χ0n) is 14.7. The smallest absolute Gasteiger partial charge is 0.253 e. The van der Waals surface area contributed by atoms with E-state index in [1.54, 1.807) is 35.9 Å². The third-order valence-electron chi connectivity index (χ3n) is 5.54. The lowest BCUT2D eigenvalue weighted by Gasteiger charge is -2.47. The van der Waals surface area contributed by atoms with Gasteiger partial charge in [-0.05, 0) is 48.8 Å². The van der Waals surface area contributed by atoms with Crippen LogP contribution in [-0.2, 0) is 11.2 Å². The maximum absolute atomic E-state index is 12.7. The molecule has 0 bridgehead atoms. The molecule has 0 radical (unpaired) electrons. The second-order valence-electron chi connectivity index (χ2n) is 7.06. The lowest BCUT2D eigenvalue weighted by atomic mass is 9.83. The van der Waals surface area contributed by atoms with Gasteiger partial charge in [0.1, 0.15) is 0 Å². The van der Waals surface area contributed by atoms with E-state index in [-0.39, 0.29) is 17.9 Å². The minimum atomic E-state index is 0.0767. The van der Waals surface area contributed by atoms with Crippen LogP contribution in [0.4, 0.5) is 0 Å². The van der Waals surface area contributed by atoms with E-state index in [1.807, 2.05) is 4.90 Å². The number of thiophene rings is 1. The van der Waals surface area contributed by atoms with Gasteiger partial charge in [-0.3, -0.25) is 14.6 Å². The first-order chi connectivity index (χ1) is 12.7. The minimum Gasteiger partial charge on any atom is -0.339 e. The summed E-state index contributed by atoms with van der Waals surface area (Å²) in [6, 6.07) is 8.01. The van der Waals surface area contributed by atoms with Gasteiger partial charge < -0.3 is 9.80 Å². The van der Waals surface area contributed by atoms with Gasteiger partial charge in [-0.2, -0.15) is 0 Å². The van der Waals surface area contributed by atoms with Crippen LogP contribution in [0, 0.1) is 5.92 Å². The maximum Gasteiger partial charge on any atom is 0.253 e. The van der Waals surface area contributed by atoms with Crippen molar-refractivity contribution in [3.63, 3.8) is 0 Å². The van der Waals surface area contributed by atoms with Gasteiger partial charge in [0.05, 0.1) is 0 Å². The van der Waals surface area contributed by atoms with Crippen molar-refractivity contribution in [3.8, 4) is 0 Å². The Morgan fingerprint density at radius 2 is 2.08 bits per heavy atom. The highest BCUT2D eigenvalue weighted by Gasteiger charge is 2.40. The molecule has 4 rings (SSSR count). The van der Waals surface area contributed by atoms with Crippen LogP contribution in [0.15, 0.2) is 42.0 Å². The number of hydrogen-bond donors (Lipinski definition) is 0. The summed E-state index contributed by atoms with van der Waals surface area (Å²) in [6.07, 6.45) is 6.60. The number of nitrogens with zero attached hydrogens (tertiary/aromatic N) is 3. The summed E-state index contributed by atoms with van der Waals surface area (Å²) in [5, 5.41) is 2.08. The monoisotopic (exact) mass is 369 g/mol. The SMILES string of the molecule is O=C(c1ccncc1)N1CC[C@@H]2[C@@H](CCC(=O)N2CCc2cccs2)C1. The molecular formula is C20H23N3O2S. The number of pyridine rings is 1. The zero-order valence-corrected chi connectivity index (χ0v) is 15.5. The van der Waals surface area contributed by atoms with Gasteiger partial charge in [0.15, 0.2) is 0 Å². The number of fused-ring (bicyclic) bond motifs is 1. The Morgan fingerprint density at radius 1 is 1.23 bits per heavy atom. The van der Waals surface area contributed by atoms with Gasteiger partial charge in [0.25, 0.3) is 5.91 Å². The van der Waals surface area contributed by atoms with E-state index in [2.05, 4.69) is 27.4 Å². The highest BCUT2D eigenvalue weighted by atomic mass is 32.1. The fourth-order valence-electron chi connectivity index (χ4n) is 4.19. The molecule has 2 aromatic rings. The van der Waals surface area contributed by atoms with Crippen LogP contribution < -0.4 is 0 Å². The van der Waals surface area contributed by atoms with Crippen molar-refractivity contribution in [2.24, 2.45) is 5.92 Å². The first-order valence-corrected chi connectivity index (χ1v) is 10.1. The second-order valence-corrected chi connectivity index (χ2v) is 8.09. The Bertz CT molecular complexity index is 763. The van der Waals surface area contributed by atoms with E-state index in [4.69, 9.17) is 0 Å². The van der Waals surface area contributed by atoms with Crippen LogP contribution in [0.1, 0.15) is 34.5 Å².